The minimum absolute atomic E-state index is 0.281. The highest BCUT2D eigenvalue weighted by molar-refractivity contribution is 6.17. The lowest BCUT2D eigenvalue weighted by Crippen LogP contribution is -2.12. The van der Waals surface area contributed by atoms with E-state index >= 15 is 0 Å². The van der Waals surface area contributed by atoms with Crippen molar-refractivity contribution in [2.75, 3.05) is 6.61 Å². The van der Waals surface area contributed by atoms with Gasteiger partial charge in [0.15, 0.2) is 0 Å². The molecule has 0 unspecified atom stereocenters. The molecule has 2 heteroatoms. The summed E-state index contributed by atoms with van der Waals surface area (Å²) in [6.07, 6.45) is 0. The van der Waals surface area contributed by atoms with E-state index in [0.717, 1.165) is 55.6 Å². The second-order valence-electron chi connectivity index (χ2n) is 9.80. The summed E-state index contributed by atoms with van der Waals surface area (Å²) in [4.78, 5) is 14.2. The molecule has 0 atom stereocenters. The lowest BCUT2D eigenvalue weighted by Gasteiger charge is -2.27. The van der Waals surface area contributed by atoms with Crippen LogP contribution in [0.5, 0.6) is 0 Å². The van der Waals surface area contributed by atoms with E-state index in [1.54, 1.807) is 0 Å². The molecule has 0 saturated heterocycles. The number of esters is 1. The summed E-state index contributed by atoms with van der Waals surface area (Å²) in [5, 5.41) is 0. The zero-order chi connectivity index (χ0) is 28.0. The predicted octanol–water partition coefficient (Wildman–Crippen LogP) is 10.2. The van der Waals surface area contributed by atoms with Crippen molar-refractivity contribution in [3.05, 3.63) is 157 Å². The van der Waals surface area contributed by atoms with Gasteiger partial charge in [0.25, 0.3) is 0 Å². The number of hydrogen-bond donors (Lipinski definition) is 0. The molecule has 0 aliphatic carbocycles. The van der Waals surface area contributed by atoms with Crippen molar-refractivity contribution < 1.29 is 9.53 Å². The van der Waals surface area contributed by atoms with Crippen molar-refractivity contribution in [1.82, 2.24) is 0 Å². The highest BCUT2D eigenvalue weighted by Crippen LogP contribution is 2.52. The van der Waals surface area contributed by atoms with Crippen molar-refractivity contribution in [2.45, 2.75) is 6.92 Å². The quantitative estimate of drug-likeness (QED) is 0.192. The molecule has 0 radical (unpaired) electrons. The van der Waals surface area contributed by atoms with Gasteiger partial charge in [-0.15, -0.1) is 0 Å². The van der Waals surface area contributed by atoms with Gasteiger partial charge in [-0.3, -0.25) is 0 Å². The lowest BCUT2D eigenvalue weighted by molar-refractivity contribution is 0.0528. The van der Waals surface area contributed by atoms with Crippen LogP contribution < -0.4 is 0 Å². The van der Waals surface area contributed by atoms with Crippen LogP contribution in [0.15, 0.2) is 152 Å². The second kappa shape index (κ2) is 11.9. The molecule has 0 aromatic heterocycles. The molecule has 0 N–H and O–H groups in total. The third-order valence-electron chi connectivity index (χ3n) is 7.29. The van der Waals surface area contributed by atoms with Crippen molar-refractivity contribution in [3.8, 4) is 55.6 Å². The highest BCUT2D eigenvalue weighted by atomic mass is 16.5. The van der Waals surface area contributed by atoms with Crippen LogP contribution >= 0.6 is 0 Å². The summed E-state index contributed by atoms with van der Waals surface area (Å²) >= 11 is 0. The maximum Gasteiger partial charge on any atom is 0.339 e. The van der Waals surface area contributed by atoms with Crippen LogP contribution in [0.3, 0.4) is 0 Å². The molecule has 198 valence electrons. The van der Waals surface area contributed by atoms with Gasteiger partial charge in [-0.05, 0) is 51.4 Å². The van der Waals surface area contributed by atoms with Gasteiger partial charge in [0.05, 0.1) is 12.2 Å². The second-order valence-corrected chi connectivity index (χ2v) is 9.80. The lowest BCUT2D eigenvalue weighted by atomic mass is 9.75. The Hall–Kier alpha value is -5.21. The van der Waals surface area contributed by atoms with Gasteiger partial charge < -0.3 is 4.74 Å². The Labute approximate surface area is 241 Å². The Morgan fingerprint density at radius 1 is 0.415 bits per heavy atom. The van der Waals surface area contributed by atoms with Crippen LogP contribution in [0.1, 0.15) is 17.3 Å². The molecule has 0 saturated carbocycles. The monoisotopic (exact) mass is 530 g/mol. The van der Waals surface area contributed by atoms with Gasteiger partial charge in [-0.1, -0.05) is 152 Å². The van der Waals surface area contributed by atoms with Gasteiger partial charge in [-0.2, -0.15) is 0 Å². The van der Waals surface area contributed by atoms with Crippen LogP contribution in [0.25, 0.3) is 55.6 Å². The molecular weight excluding hydrogens is 500 g/mol. The topological polar surface area (TPSA) is 26.3 Å². The summed E-state index contributed by atoms with van der Waals surface area (Å²) in [6, 6.07) is 51.7. The van der Waals surface area contributed by atoms with E-state index in [2.05, 4.69) is 97.1 Å². The summed E-state index contributed by atoms with van der Waals surface area (Å²) in [5.74, 6) is -0.334. The Morgan fingerprint density at radius 3 is 0.927 bits per heavy atom. The van der Waals surface area contributed by atoms with Gasteiger partial charge in [0, 0.05) is 11.1 Å². The predicted molar refractivity (Wildman–Crippen MR) is 170 cm³/mol. The Kier molecular flexibility index (Phi) is 7.55. The van der Waals surface area contributed by atoms with Gasteiger partial charge in [-0.25, -0.2) is 4.79 Å². The first-order valence-corrected chi connectivity index (χ1v) is 14.0. The van der Waals surface area contributed by atoms with E-state index in [-0.39, 0.29) is 12.6 Å². The number of rotatable bonds is 7. The molecule has 0 aliphatic heterocycles. The summed E-state index contributed by atoms with van der Waals surface area (Å²) in [5.41, 5.74) is 10.5. The minimum atomic E-state index is -0.334. The molecule has 0 fully saturated rings. The van der Waals surface area contributed by atoms with E-state index in [1.807, 2.05) is 61.5 Å². The number of hydrogen-bond acceptors (Lipinski definition) is 2. The molecule has 6 aromatic carbocycles. The normalized spacial score (nSPS) is 10.8. The van der Waals surface area contributed by atoms with Gasteiger partial charge >= 0.3 is 5.97 Å². The van der Waals surface area contributed by atoms with Crippen LogP contribution in [-0.4, -0.2) is 12.6 Å². The van der Waals surface area contributed by atoms with Crippen molar-refractivity contribution >= 4 is 5.97 Å². The average molecular weight is 531 g/mol. The van der Waals surface area contributed by atoms with E-state index < -0.39 is 0 Å². The fraction of sp³-hybridized carbons (Fsp3) is 0.0513. The molecule has 6 aromatic rings. The van der Waals surface area contributed by atoms with Crippen molar-refractivity contribution in [2.24, 2.45) is 0 Å². The minimum Gasteiger partial charge on any atom is -0.462 e. The summed E-state index contributed by atoms with van der Waals surface area (Å²) in [7, 11) is 0. The number of benzene rings is 6. The third-order valence-corrected chi connectivity index (χ3v) is 7.29. The maximum absolute atomic E-state index is 14.2. The molecule has 0 spiro atoms. The van der Waals surface area contributed by atoms with Gasteiger partial charge in [0.2, 0.25) is 0 Å². The number of carbonyl (C=O) groups excluding carboxylic acids is 1. The summed E-state index contributed by atoms with van der Waals surface area (Å²) < 4.78 is 5.84. The van der Waals surface area contributed by atoms with Crippen molar-refractivity contribution in [3.63, 3.8) is 0 Å². The smallest absolute Gasteiger partial charge is 0.339 e. The first-order chi connectivity index (χ1) is 20.3. The molecule has 0 aliphatic rings. The number of carbonyl (C=O) groups is 1. The zero-order valence-corrected chi connectivity index (χ0v) is 23.0. The Morgan fingerprint density at radius 2 is 0.659 bits per heavy atom. The Bertz CT molecular complexity index is 1660. The Balaban J connectivity index is 1.94. The molecule has 0 bridgehead atoms. The largest absolute Gasteiger partial charge is 0.462 e. The highest BCUT2D eigenvalue weighted by Gasteiger charge is 2.31. The molecule has 0 heterocycles. The van der Waals surface area contributed by atoms with Crippen LogP contribution in [0.2, 0.25) is 0 Å². The van der Waals surface area contributed by atoms with E-state index in [4.69, 9.17) is 4.74 Å². The van der Waals surface area contributed by atoms with Crippen LogP contribution in [0.4, 0.5) is 0 Å². The first kappa shape index (κ1) is 26.0. The molecule has 0 amide bonds. The average Bonchev–Trinajstić information content (AvgIpc) is 3.05. The molecule has 41 heavy (non-hydrogen) atoms. The third kappa shape index (κ3) is 5.08. The summed E-state index contributed by atoms with van der Waals surface area (Å²) in [6.45, 7) is 2.14. The van der Waals surface area contributed by atoms with E-state index in [1.165, 1.54) is 0 Å². The number of ether oxygens (including phenoxy) is 1. The van der Waals surface area contributed by atoms with Crippen molar-refractivity contribution in [1.29, 1.82) is 0 Å². The maximum atomic E-state index is 14.2. The van der Waals surface area contributed by atoms with Crippen LogP contribution in [0, 0.1) is 0 Å². The van der Waals surface area contributed by atoms with E-state index in [9.17, 15) is 4.79 Å². The van der Waals surface area contributed by atoms with Gasteiger partial charge in [0.1, 0.15) is 0 Å². The van der Waals surface area contributed by atoms with Crippen LogP contribution in [-0.2, 0) is 4.74 Å². The fourth-order valence-corrected chi connectivity index (χ4v) is 5.62. The zero-order valence-electron chi connectivity index (χ0n) is 23.0. The standard InChI is InChI=1S/C39H30O2/c1-2-41-39(40)38-36(31-24-14-6-15-25-31)34(29-20-10-4-11-21-29)33(28-18-8-3-9-19-28)35(30-22-12-5-13-23-30)37(38)32-26-16-7-17-27-32/h3-27H,2H2,1H3. The fourth-order valence-electron chi connectivity index (χ4n) is 5.62. The molecule has 6 rings (SSSR count). The SMILES string of the molecule is CCOC(=O)c1c(-c2ccccc2)c(-c2ccccc2)c(-c2ccccc2)c(-c2ccccc2)c1-c1ccccc1. The van der Waals surface area contributed by atoms with E-state index in [0.29, 0.717) is 5.56 Å². The molecular formula is C39H30O2. The molecule has 2 nitrogen and oxygen atoms in total. The first-order valence-electron chi connectivity index (χ1n) is 14.0.